The van der Waals surface area contributed by atoms with Gasteiger partial charge >= 0.3 is 0 Å². The van der Waals surface area contributed by atoms with E-state index in [1.807, 2.05) is 20.8 Å². The largest absolute Gasteiger partial charge is 0.385 e. The summed E-state index contributed by atoms with van der Waals surface area (Å²) in [6, 6.07) is 7.96. The molecule has 3 heterocycles. The van der Waals surface area contributed by atoms with Gasteiger partial charge in [0.05, 0.1) is 16.8 Å². The Labute approximate surface area is 197 Å². The van der Waals surface area contributed by atoms with Crippen molar-refractivity contribution in [3.63, 3.8) is 0 Å². The zero-order chi connectivity index (χ0) is 24.5. The fourth-order valence-corrected chi connectivity index (χ4v) is 3.58. The fraction of sp³-hybridized carbons (Fsp3) is 0.333. The van der Waals surface area contributed by atoms with Crippen LogP contribution < -0.4 is 5.32 Å². The average Bonchev–Trinajstić information content (AvgIpc) is 3.34. The molecule has 0 saturated heterocycles. The van der Waals surface area contributed by atoms with E-state index < -0.39 is 11.8 Å². The molecule has 1 aliphatic heterocycles. The SMILES string of the molecule is COCCCN1C(=O)c2ccc(C(=O)Nc3cc(C(C)(C)C)nn3-c3ncccn3)cc2C1=O. The first kappa shape index (κ1) is 23.2. The standard InChI is InChI=1S/C24H26N6O4/c1-24(2,3)18-14-19(30(28-18)23-25-9-5-10-26-23)27-20(31)15-7-8-16-17(13-15)22(33)29(21(16)32)11-6-12-34-4/h5,7-10,13-14H,6,11-12H2,1-4H3,(H,27,31). The maximum absolute atomic E-state index is 13.1. The van der Waals surface area contributed by atoms with Crippen LogP contribution in [0.25, 0.3) is 5.95 Å². The number of carbonyl (C=O) groups excluding carboxylic acids is 3. The highest BCUT2D eigenvalue weighted by molar-refractivity contribution is 6.22. The number of aromatic nitrogens is 4. The van der Waals surface area contributed by atoms with Gasteiger partial charge in [0.25, 0.3) is 23.7 Å². The quantitative estimate of drug-likeness (QED) is 0.423. The molecule has 0 saturated carbocycles. The van der Waals surface area contributed by atoms with Gasteiger partial charge in [0.1, 0.15) is 5.82 Å². The van der Waals surface area contributed by atoms with E-state index in [1.54, 1.807) is 31.6 Å². The number of benzene rings is 1. The monoisotopic (exact) mass is 462 g/mol. The van der Waals surface area contributed by atoms with E-state index in [2.05, 4.69) is 20.4 Å². The first-order valence-corrected chi connectivity index (χ1v) is 10.9. The van der Waals surface area contributed by atoms with Crippen molar-refractivity contribution in [2.75, 3.05) is 25.6 Å². The van der Waals surface area contributed by atoms with Crippen LogP contribution in [0, 0.1) is 0 Å². The fourth-order valence-electron chi connectivity index (χ4n) is 3.58. The minimum Gasteiger partial charge on any atom is -0.385 e. The van der Waals surface area contributed by atoms with Crippen LogP contribution in [0.5, 0.6) is 0 Å². The Morgan fingerprint density at radius 2 is 1.76 bits per heavy atom. The highest BCUT2D eigenvalue weighted by atomic mass is 16.5. The lowest BCUT2D eigenvalue weighted by Crippen LogP contribution is -2.31. The lowest BCUT2D eigenvalue weighted by atomic mass is 9.92. The van der Waals surface area contributed by atoms with Crippen LogP contribution in [0.4, 0.5) is 5.82 Å². The van der Waals surface area contributed by atoms with Gasteiger partial charge in [-0.3, -0.25) is 19.3 Å². The van der Waals surface area contributed by atoms with Crippen molar-refractivity contribution in [1.29, 1.82) is 0 Å². The normalized spacial score (nSPS) is 13.4. The molecule has 10 nitrogen and oxygen atoms in total. The molecule has 176 valence electrons. The summed E-state index contributed by atoms with van der Waals surface area (Å²) in [5.41, 5.74) is 1.22. The summed E-state index contributed by atoms with van der Waals surface area (Å²) < 4.78 is 6.47. The predicted octanol–water partition coefficient (Wildman–Crippen LogP) is 2.84. The van der Waals surface area contributed by atoms with Crippen LogP contribution in [0.15, 0.2) is 42.7 Å². The van der Waals surface area contributed by atoms with E-state index in [4.69, 9.17) is 4.74 Å². The maximum atomic E-state index is 13.1. The number of nitrogens with one attached hydrogen (secondary N) is 1. The van der Waals surface area contributed by atoms with E-state index in [0.29, 0.717) is 24.8 Å². The minimum atomic E-state index is -0.446. The number of hydrogen-bond acceptors (Lipinski definition) is 7. The van der Waals surface area contributed by atoms with Crippen LogP contribution in [0.2, 0.25) is 0 Å². The third kappa shape index (κ3) is 4.44. The number of amides is 3. The Morgan fingerprint density at radius 1 is 1.06 bits per heavy atom. The molecule has 3 amide bonds. The summed E-state index contributed by atoms with van der Waals surface area (Å²) in [5.74, 6) is -0.515. The summed E-state index contributed by atoms with van der Waals surface area (Å²) in [4.78, 5) is 48.2. The van der Waals surface area contributed by atoms with Gasteiger partial charge in [-0.1, -0.05) is 20.8 Å². The molecule has 1 aromatic carbocycles. The lowest BCUT2D eigenvalue weighted by molar-refractivity contribution is 0.0638. The summed E-state index contributed by atoms with van der Waals surface area (Å²) in [6.45, 7) is 6.74. The third-order valence-corrected chi connectivity index (χ3v) is 5.42. The van der Waals surface area contributed by atoms with Gasteiger partial charge in [-0.15, -0.1) is 0 Å². The number of nitrogens with zero attached hydrogens (tertiary/aromatic N) is 5. The number of rotatable bonds is 7. The Balaban J connectivity index is 1.61. The Bertz CT molecular complexity index is 1250. The molecule has 34 heavy (non-hydrogen) atoms. The smallest absolute Gasteiger partial charge is 0.261 e. The van der Waals surface area contributed by atoms with E-state index in [-0.39, 0.29) is 34.6 Å². The van der Waals surface area contributed by atoms with Gasteiger partial charge in [-0.05, 0) is 30.7 Å². The van der Waals surface area contributed by atoms with Gasteiger partial charge in [-0.25, -0.2) is 9.97 Å². The van der Waals surface area contributed by atoms with E-state index in [1.165, 1.54) is 27.8 Å². The average molecular weight is 463 g/mol. The topological polar surface area (TPSA) is 119 Å². The number of fused-ring (bicyclic) bond motifs is 1. The van der Waals surface area contributed by atoms with Gasteiger partial charge in [0.15, 0.2) is 0 Å². The highest BCUT2D eigenvalue weighted by Gasteiger charge is 2.35. The van der Waals surface area contributed by atoms with Crippen LogP contribution in [0.3, 0.4) is 0 Å². The molecule has 3 aromatic rings. The number of carbonyl (C=O) groups is 3. The Morgan fingerprint density at radius 3 is 2.44 bits per heavy atom. The number of hydrogen-bond donors (Lipinski definition) is 1. The second-order valence-corrected chi connectivity index (χ2v) is 8.95. The number of anilines is 1. The predicted molar refractivity (Wildman–Crippen MR) is 124 cm³/mol. The molecule has 0 fully saturated rings. The molecule has 1 N–H and O–H groups in total. The minimum absolute atomic E-state index is 0.213. The van der Waals surface area contributed by atoms with Crippen LogP contribution >= 0.6 is 0 Å². The zero-order valence-corrected chi connectivity index (χ0v) is 19.5. The third-order valence-electron chi connectivity index (χ3n) is 5.42. The lowest BCUT2D eigenvalue weighted by Gasteiger charge is -2.13. The van der Waals surface area contributed by atoms with Gasteiger partial charge in [0.2, 0.25) is 0 Å². The second-order valence-electron chi connectivity index (χ2n) is 8.95. The molecule has 4 rings (SSSR count). The number of imide groups is 1. The molecule has 0 bridgehead atoms. The molecule has 0 aliphatic carbocycles. The van der Waals surface area contributed by atoms with Gasteiger partial charge in [0, 0.05) is 49.7 Å². The molecule has 0 atom stereocenters. The Kier molecular flexibility index (Phi) is 6.25. The summed E-state index contributed by atoms with van der Waals surface area (Å²) >= 11 is 0. The number of ether oxygens (including phenoxy) is 1. The van der Waals surface area contributed by atoms with Crippen molar-refractivity contribution in [2.24, 2.45) is 0 Å². The van der Waals surface area contributed by atoms with Gasteiger partial charge in [-0.2, -0.15) is 9.78 Å². The van der Waals surface area contributed by atoms with Crippen molar-refractivity contribution < 1.29 is 19.1 Å². The summed E-state index contributed by atoms with van der Waals surface area (Å²) in [7, 11) is 1.56. The van der Waals surface area contributed by atoms with Crippen molar-refractivity contribution >= 4 is 23.5 Å². The van der Waals surface area contributed by atoms with E-state index >= 15 is 0 Å². The van der Waals surface area contributed by atoms with E-state index in [0.717, 1.165) is 5.69 Å². The first-order valence-electron chi connectivity index (χ1n) is 10.9. The van der Waals surface area contributed by atoms with Crippen LogP contribution in [-0.2, 0) is 10.2 Å². The van der Waals surface area contributed by atoms with Crippen LogP contribution in [-0.4, -0.2) is 62.6 Å². The second kappa shape index (κ2) is 9.14. The number of methoxy groups -OCH3 is 1. The maximum Gasteiger partial charge on any atom is 0.261 e. The van der Waals surface area contributed by atoms with Crippen molar-refractivity contribution in [3.8, 4) is 5.95 Å². The van der Waals surface area contributed by atoms with Crippen LogP contribution in [0.1, 0.15) is 64.0 Å². The zero-order valence-electron chi connectivity index (χ0n) is 19.5. The molecule has 10 heteroatoms. The first-order chi connectivity index (χ1) is 16.2. The molecular formula is C24H26N6O4. The molecule has 1 aliphatic rings. The van der Waals surface area contributed by atoms with Crippen molar-refractivity contribution in [2.45, 2.75) is 32.6 Å². The molecule has 2 aromatic heterocycles. The summed E-state index contributed by atoms with van der Waals surface area (Å²) in [5, 5.41) is 7.43. The van der Waals surface area contributed by atoms with Gasteiger partial charge < -0.3 is 10.1 Å². The molecule has 0 unspecified atom stereocenters. The molecular weight excluding hydrogens is 436 g/mol. The van der Waals surface area contributed by atoms with Crippen molar-refractivity contribution in [1.82, 2.24) is 24.6 Å². The highest BCUT2D eigenvalue weighted by Crippen LogP contribution is 2.27. The summed E-state index contributed by atoms with van der Waals surface area (Å²) in [6.07, 6.45) is 3.72. The Hall–Kier alpha value is -3.92. The molecule has 0 spiro atoms. The van der Waals surface area contributed by atoms with Crippen molar-refractivity contribution in [3.05, 3.63) is 65.1 Å². The van der Waals surface area contributed by atoms with E-state index in [9.17, 15) is 14.4 Å². The molecule has 0 radical (unpaired) electrons.